The number of H-pyrrole nitrogens is 1. The Morgan fingerprint density at radius 3 is 2.66 bits per heavy atom. The number of imidazole rings is 1. The molecule has 2 aromatic heterocycles. The van der Waals surface area contributed by atoms with E-state index in [0.717, 1.165) is 44.5 Å². The molecule has 0 atom stereocenters. The largest absolute Gasteiger partial charge is 0.416 e. The topological polar surface area (TPSA) is 101 Å². The molecule has 4 rings (SSSR count). The first-order valence-electron chi connectivity index (χ1n) is 11.8. The summed E-state index contributed by atoms with van der Waals surface area (Å²) in [6.07, 6.45) is 4.06. The summed E-state index contributed by atoms with van der Waals surface area (Å²) in [5.41, 5.74) is 0.866. The molecule has 11 heteroatoms. The number of aromatic nitrogens is 3. The van der Waals surface area contributed by atoms with E-state index in [2.05, 4.69) is 41.9 Å². The van der Waals surface area contributed by atoms with Crippen LogP contribution in [0.5, 0.6) is 0 Å². The van der Waals surface area contributed by atoms with Gasteiger partial charge >= 0.3 is 6.18 Å². The molecular formula is C27H26F3N7O. The molecule has 0 spiro atoms. The maximum atomic E-state index is 13.6. The summed E-state index contributed by atoms with van der Waals surface area (Å²) in [4.78, 5) is 28.3. The number of halogens is 3. The Bertz CT molecular complexity index is 1390. The van der Waals surface area contributed by atoms with Gasteiger partial charge in [0.15, 0.2) is 0 Å². The van der Waals surface area contributed by atoms with Crippen LogP contribution in [0, 0.1) is 17.3 Å². The minimum absolute atomic E-state index is 0.0633. The van der Waals surface area contributed by atoms with Crippen LogP contribution in [0.2, 0.25) is 0 Å². The molecule has 3 heterocycles. The first kappa shape index (κ1) is 26.8. The van der Waals surface area contributed by atoms with Gasteiger partial charge in [0.05, 0.1) is 17.3 Å². The molecule has 38 heavy (non-hydrogen) atoms. The van der Waals surface area contributed by atoms with Gasteiger partial charge in [-0.05, 0) is 54.9 Å². The van der Waals surface area contributed by atoms with Gasteiger partial charge in [-0.2, -0.15) is 13.2 Å². The van der Waals surface area contributed by atoms with Crippen molar-refractivity contribution in [2.75, 3.05) is 38.5 Å². The van der Waals surface area contributed by atoms with E-state index in [1.54, 1.807) is 12.1 Å². The highest BCUT2D eigenvalue weighted by atomic mass is 19.4. The first-order valence-corrected chi connectivity index (χ1v) is 11.8. The fraction of sp³-hybridized carbons (Fsp3) is 0.259. The number of hydrogen-bond acceptors (Lipinski definition) is 6. The maximum absolute atomic E-state index is 13.6. The highest BCUT2D eigenvalue weighted by Gasteiger charge is 2.31. The number of carbonyl (C=O) groups is 1. The van der Waals surface area contributed by atoms with Gasteiger partial charge < -0.3 is 20.6 Å². The Balaban J connectivity index is 1.50. The van der Waals surface area contributed by atoms with Crippen LogP contribution in [0.25, 0.3) is 6.08 Å². The third kappa shape index (κ3) is 7.38. The number of likely N-dealkylation sites (N-methyl/N-ethyl adjacent to an activating group) is 1. The maximum Gasteiger partial charge on any atom is 0.416 e. The first-order chi connectivity index (χ1) is 18.2. The predicted octanol–water partition coefficient (Wildman–Crippen LogP) is 3.89. The van der Waals surface area contributed by atoms with Gasteiger partial charge in [-0.25, -0.2) is 4.98 Å². The van der Waals surface area contributed by atoms with Crippen molar-refractivity contribution < 1.29 is 18.0 Å². The average Bonchev–Trinajstić information content (AvgIpc) is 3.35. The number of amides is 1. The van der Waals surface area contributed by atoms with Crippen molar-refractivity contribution in [2.24, 2.45) is 0 Å². The third-order valence-corrected chi connectivity index (χ3v) is 5.87. The summed E-state index contributed by atoms with van der Waals surface area (Å²) in [7, 11) is 2.01. The second-order valence-electron chi connectivity index (χ2n) is 8.87. The molecule has 1 amide bonds. The van der Waals surface area contributed by atoms with E-state index in [9.17, 15) is 18.0 Å². The number of nitrogens with one attached hydrogen (secondary N) is 3. The Morgan fingerprint density at radius 1 is 1.13 bits per heavy atom. The van der Waals surface area contributed by atoms with E-state index in [-0.39, 0.29) is 11.3 Å². The smallest absolute Gasteiger partial charge is 0.332 e. The number of alkyl halides is 3. The highest BCUT2D eigenvalue weighted by Crippen LogP contribution is 2.32. The van der Waals surface area contributed by atoms with Gasteiger partial charge in [0.1, 0.15) is 11.5 Å². The van der Waals surface area contributed by atoms with Gasteiger partial charge in [0, 0.05) is 62.6 Å². The number of aromatic amines is 1. The number of hydrogen-bond donors (Lipinski definition) is 3. The molecule has 1 aliphatic rings. The zero-order valence-corrected chi connectivity index (χ0v) is 20.6. The van der Waals surface area contributed by atoms with E-state index in [1.807, 2.05) is 7.05 Å². The Morgan fingerprint density at radius 2 is 1.92 bits per heavy atom. The van der Waals surface area contributed by atoms with Gasteiger partial charge in [0.2, 0.25) is 0 Å². The van der Waals surface area contributed by atoms with Crippen molar-refractivity contribution in [3.05, 3.63) is 82.7 Å². The van der Waals surface area contributed by atoms with Crippen LogP contribution in [-0.2, 0) is 12.7 Å². The molecule has 1 saturated heterocycles. The second kappa shape index (κ2) is 11.9. The lowest BCUT2D eigenvalue weighted by atomic mass is 10.1. The van der Waals surface area contributed by atoms with E-state index in [4.69, 9.17) is 5.41 Å². The molecule has 0 saturated carbocycles. The van der Waals surface area contributed by atoms with Crippen LogP contribution in [0.3, 0.4) is 0 Å². The standard InChI is InChI=1S/C27H26F3N7O/c1-36-7-9-37(10-8-36)18-20-12-22(27(28,29)30)14-24(13-20)35-26(38)21-11-19(15-32-16-21)4-5-23-17-33-25(34-23)3-2-6-31/h2-3,6,11-17,31H,7-10,18H2,1H3,(H,33,34)(H,35,38)/b3-2-,31-6?. The number of rotatable bonds is 6. The number of benzene rings is 1. The van der Waals surface area contributed by atoms with Crippen molar-refractivity contribution in [1.82, 2.24) is 24.8 Å². The van der Waals surface area contributed by atoms with Gasteiger partial charge in [0.25, 0.3) is 5.91 Å². The monoisotopic (exact) mass is 521 g/mol. The Kier molecular flexibility index (Phi) is 8.35. The highest BCUT2D eigenvalue weighted by molar-refractivity contribution is 6.04. The second-order valence-corrected chi connectivity index (χ2v) is 8.87. The van der Waals surface area contributed by atoms with Gasteiger partial charge in [-0.1, -0.05) is 5.92 Å². The van der Waals surface area contributed by atoms with Crippen LogP contribution in [0.15, 0.2) is 48.9 Å². The molecule has 1 aliphatic heterocycles. The van der Waals surface area contributed by atoms with Crippen molar-refractivity contribution in [1.29, 1.82) is 5.41 Å². The van der Waals surface area contributed by atoms with E-state index in [1.165, 1.54) is 30.7 Å². The normalized spacial score (nSPS) is 14.7. The molecule has 3 N–H and O–H groups in total. The van der Waals surface area contributed by atoms with Crippen LogP contribution < -0.4 is 5.32 Å². The number of nitrogens with zero attached hydrogens (tertiary/aromatic N) is 4. The third-order valence-electron chi connectivity index (χ3n) is 5.87. The molecule has 1 fully saturated rings. The van der Waals surface area contributed by atoms with E-state index in [0.29, 0.717) is 29.2 Å². The number of pyridine rings is 1. The summed E-state index contributed by atoms with van der Waals surface area (Å²) in [6, 6.07) is 5.16. The number of anilines is 1. The van der Waals surface area contributed by atoms with Crippen LogP contribution in [-0.4, -0.2) is 70.1 Å². The van der Waals surface area contributed by atoms with Crippen molar-refractivity contribution in [2.45, 2.75) is 12.7 Å². The van der Waals surface area contributed by atoms with Crippen LogP contribution >= 0.6 is 0 Å². The van der Waals surface area contributed by atoms with Crippen LogP contribution in [0.4, 0.5) is 18.9 Å². The molecule has 0 aliphatic carbocycles. The summed E-state index contributed by atoms with van der Waals surface area (Å²) >= 11 is 0. The van der Waals surface area contributed by atoms with E-state index < -0.39 is 17.6 Å². The van der Waals surface area contributed by atoms with Crippen molar-refractivity contribution in [3.8, 4) is 11.8 Å². The minimum atomic E-state index is -4.55. The average molecular weight is 522 g/mol. The number of carbonyl (C=O) groups excluding carboxylic acids is 1. The van der Waals surface area contributed by atoms with E-state index >= 15 is 0 Å². The minimum Gasteiger partial charge on any atom is -0.332 e. The zero-order valence-electron chi connectivity index (χ0n) is 20.6. The van der Waals surface area contributed by atoms with Crippen LogP contribution in [0.1, 0.15) is 38.6 Å². The molecule has 0 unspecified atom stereocenters. The SMILES string of the molecule is CN1CCN(Cc2cc(NC(=O)c3cncc(C#Cc4cnc(/C=C\C=N)[nH]4)c3)cc(C(F)(F)F)c2)CC1. The zero-order chi connectivity index (χ0) is 27.1. The molecule has 196 valence electrons. The fourth-order valence-electron chi connectivity index (χ4n) is 3.88. The quantitative estimate of drug-likeness (QED) is 0.338. The van der Waals surface area contributed by atoms with Crippen molar-refractivity contribution >= 4 is 23.9 Å². The number of allylic oxidation sites excluding steroid dienone is 1. The summed E-state index contributed by atoms with van der Waals surface area (Å²) in [5.74, 6) is 5.72. The Labute approximate surface area is 218 Å². The summed E-state index contributed by atoms with van der Waals surface area (Å²) < 4.78 is 40.8. The molecule has 3 aromatic rings. The van der Waals surface area contributed by atoms with Gasteiger partial charge in [-0.3, -0.25) is 14.7 Å². The predicted molar refractivity (Wildman–Crippen MR) is 139 cm³/mol. The molecule has 8 nitrogen and oxygen atoms in total. The fourth-order valence-corrected chi connectivity index (χ4v) is 3.88. The summed E-state index contributed by atoms with van der Waals surface area (Å²) in [6.45, 7) is 3.57. The molecule has 1 aromatic carbocycles. The lowest BCUT2D eigenvalue weighted by molar-refractivity contribution is -0.137. The molecule has 0 bridgehead atoms. The molecule has 0 radical (unpaired) electrons. The molecular weight excluding hydrogens is 495 g/mol. The number of piperazine rings is 1. The summed E-state index contributed by atoms with van der Waals surface area (Å²) in [5, 5.41) is 9.59. The Hall–Kier alpha value is -4.27. The lowest BCUT2D eigenvalue weighted by Crippen LogP contribution is -2.43. The lowest BCUT2D eigenvalue weighted by Gasteiger charge is -2.32. The van der Waals surface area contributed by atoms with Crippen molar-refractivity contribution in [3.63, 3.8) is 0 Å². The van der Waals surface area contributed by atoms with Gasteiger partial charge in [-0.15, -0.1) is 0 Å².